The van der Waals surface area contributed by atoms with Crippen LogP contribution < -0.4 is 50.3 Å². The van der Waals surface area contributed by atoms with E-state index in [0.717, 1.165) is 63.4 Å². The van der Waals surface area contributed by atoms with Crippen molar-refractivity contribution in [2.75, 3.05) is 55.2 Å². The maximum absolute atomic E-state index is 12.9. The lowest BCUT2D eigenvalue weighted by Crippen LogP contribution is -2.27. The molecule has 356 valence electrons. The van der Waals surface area contributed by atoms with Crippen LogP contribution in [0.5, 0.6) is 34.5 Å². The molecule has 0 radical (unpaired) electrons. The first kappa shape index (κ1) is 53.2. The molecule has 67 heavy (non-hydrogen) atoms. The fourth-order valence-electron chi connectivity index (χ4n) is 7.84. The molecule has 0 bridgehead atoms. The van der Waals surface area contributed by atoms with E-state index in [-0.39, 0.29) is 28.8 Å². The average molecular weight is 953 g/mol. The Hall–Kier alpha value is -6.42. The number of fused-ring (bicyclic) bond motifs is 6. The fourth-order valence-corrected chi connectivity index (χ4v) is 8.76. The molecule has 6 rings (SSSR count). The van der Waals surface area contributed by atoms with E-state index in [2.05, 4.69) is 5.32 Å². The van der Waals surface area contributed by atoms with Crippen LogP contribution in [0.1, 0.15) is 61.0 Å². The number of carboxylic acids is 1. The molecule has 0 heterocycles. The van der Waals surface area contributed by atoms with Crippen molar-refractivity contribution in [2.45, 2.75) is 61.4 Å². The molecular formula is C52H60N2O11S2. The van der Waals surface area contributed by atoms with E-state index in [0.29, 0.717) is 57.1 Å². The maximum atomic E-state index is 12.9. The van der Waals surface area contributed by atoms with Gasteiger partial charge in [-0.25, -0.2) is 4.79 Å². The van der Waals surface area contributed by atoms with E-state index in [9.17, 15) is 19.2 Å². The molecule has 2 aliphatic rings. The second kappa shape index (κ2) is 26.1. The zero-order valence-corrected chi connectivity index (χ0v) is 41.3. The number of allylic oxidation sites excluding steroid dienone is 6. The monoisotopic (exact) mass is 952 g/mol. The van der Waals surface area contributed by atoms with E-state index in [1.54, 1.807) is 79.1 Å². The Morgan fingerprint density at radius 1 is 0.627 bits per heavy atom. The van der Waals surface area contributed by atoms with Crippen LogP contribution in [0.4, 0.5) is 0 Å². The molecule has 4 N–H and O–H groups in total. The summed E-state index contributed by atoms with van der Waals surface area (Å²) in [4.78, 5) is 49.1. The molecule has 0 aromatic heterocycles. The average Bonchev–Trinajstić information content (AvgIpc) is 3.72. The van der Waals surface area contributed by atoms with E-state index in [1.807, 2.05) is 68.8 Å². The molecule has 4 aromatic carbocycles. The number of rotatable bonds is 13. The highest BCUT2D eigenvalue weighted by atomic mass is 32.2. The summed E-state index contributed by atoms with van der Waals surface area (Å²) in [7, 11) is 9.54. The van der Waals surface area contributed by atoms with Crippen molar-refractivity contribution >= 4 is 35.4 Å². The molecule has 0 saturated heterocycles. The number of thioether (sulfide) groups is 2. The zero-order valence-electron chi connectivity index (χ0n) is 39.6. The molecule has 1 amide bonds. The molecule has 0 spiro atoms. The minimum absolute atomic E-state index is 0.0166. The molecule has 0 unspecified atom stereocenters. The lowest BCUT2D eigenvalue weighted by Gasteiger charge is -2.19. The topological polar surface area (TPSA) is 182 Å². The van der Waals surface area contributed by atoms with Gasteiger partial charge >= 0.3 is 5.97 Å². The predicted octanol–water partition coefficient (Wildman–Crippen LogP) is 9.31. The number of aliphatic carboxylic acids is 1. The number of methoxy groups -OCH3 is 6. The second-order valence-electron chi connectivity index (χ2n) is 14.8. The number of amides is 1. The first-order chi connectivity index (χ1) is 32.3. The summed E-state index contributed by atoms with van der Waals surface area (Å²) in [6, 6.07) is 14.2. The van der Waals surface area contributed by atoms with Gasteiger partial charge in [-0.2, -0.15) is 0 Å². The number of hydrogen-bond donors (Lipinski definition) is 3. The summed E-state index contributed by atoms with van der Waals surface area (Å²) >= 11 is 2.82. The molecule has 2 aliphatic carbocycles. The van der Waals surface area contributed by atoms with Gasteiger partial charge in [0.2, 0.25) is 17.4 Å². The van der Waals surface area contributed by atoms with Gasteiger partial charge in [-0.1, -0.05) is 48.6 Å². The zero-order chi connectivity index (χ0) is 49.2. The van der Waals surface area contributed by atoms with Crippen molar-refractivity contribution in [1.82, 2.24) is 5.32 Å². The number of nitrogens with one attached hydrogen (secondary N) is 1. The molecule has 0 fully saturated rings. The number of ether oxygens (including phenoxy) is 6. The van der Waals surface area contributed by atoms with Crippen LogP contribution in [0, 0.1) is 0 Å². The van der Waals surface area contributed by atoms with Gasteiger partial charge in [-0.3, -0.25) is 14.4 Å². The Morgan fingerprint density at radius 2 is 1.07 bits per heavy atom. The molecule has 2 atom stereocenters. The molecule has 0 aliphatic heterocycles. The van der Waals surface area contributed by atoms with Crippen LogP contribution in [0.15, 0.2) is 117 Å². The van der Waals surface area contributed by atoms with Gasteiger partial charge in [0.1, 0.15) is 0 Å². The Bertz CT molecular complexity index is 2660. The van der Waals surface area contributed by atoms with E-state index in [4.69, 9.17) is 39.3 Å². The standard InChI is InChI=1S/C26H29NO5S.C20H23NO4S.C6H8O2/c1-6-7-8-9-23(29)27-19-12-10-16-14-21(30-2)25(31-3)26(32-4)24(16)17-11-13-22(33-5)20(28)15-18(17)19;1-23-16-9-11-5-7-14(21)13-10-15(22)17(26-4)8-6-12(13)18(11)20(25-3)19(16)24-2;1-2-3-4-5-6(7)8/h6-9,11,13-15,19H,10,12H2,1-5H3,(H,27,29);6,8-10,14H,5,7,21H2,1-4H3;2-5H,1H3,(H,7,8)/b7-6+,9-8+;;3-2+,5-4+/t19-;14-;/m00./s1. The molecular weight excluding hydrogens is 893 g/mol. The minimum Gasteiger partial charge on any atom is -0.493 e. The third-order valence-electron chi connectivity index (χ3n) is 10.9. The summed E-state index contributed by atoms with van der Waals surface area (Å²) in [5.41, 5.74) is 13.4. The molecule has 15 heteroatoms. The summed E-state index contributed by atoms with van der Waals surface area (Å²) < 4.78 is 33.7. The summed E-state index contributed by atoms with van der Waals surface area (Å²) in [5.74, 6) is 2.22. The van der Waals surface area contributed by atoms with E-state index >= 15 is 0 Å². The van der Waals surface area contributed by atoms with Crippen LogP contribution in [-0.4, -0.2) is 72.2 Å². The van der Waals surface area contributed by atoms with Crippen molar-refractivity contribution in [2.24, 2.45) is 5.73 Å². The van der Waals surface area contributed by atoms with Crippen molar-refractivity contribution < 1.29 is 43.1 Å². The van der Waals surface area contributed by atoms with Crippen LogP contribution in [0.3, 0.4) is 0 Å². The van der Waals surface area contributed by atoms with E-state index in [1.165, 1.54) is 35.7 Å². The highest BCUT2D eigenvalue weighted by Crippen LogP contribution is 2.51. The van der Waals surface area contributed by atoms with Gasteiger partial charge in [-0.05, 0) is 122 Å². The number of carbonyl (C=O) groups is 2. The second-order valence-corrected chi connectivity index (χ2v) is 16.5. The lowest BCUT2D eigenvalue weighted by molar-refractivity contribution is -0.131. The largest absolute Gasteiger partial charge is 0.493 e. The number of carboxylic acid groups (broad SMARTS) is 1. The van der Waals surface area contributed by atoms with Gasteiger partial charge in [0, 0.05) is 29.3 Å². The summed E-state index contributed by atoms with van der Waals surface area (Å²) in [5, 5.41) is 11.1. The number of carbonyl (C=O) groups excluding carboxylic acids is 1. The number of aryl methyl sites for hydroxylation is 2. The lowest BCUT2D eigenvalue weighted by atomic mass is 9.95. The predicted molar refractivity (Wildman–Crippen MR) is 269 cm³/mol. The third-order valence-corrected chi connectivity index (χ3v) is 12.5. The van der Waals surface area contributed by atoms with Crippen LogP contribution in [0.2, 0.25) is 0 Å². The highest BCUT2D eigenvalue weighted by Gasteiger charge is 2.30. The van der Waals surface area contributed by atoms with Gasteiger partial charge in [0.25, 0.3) is 0 Å². The number of hydrogen-bond acceptors (Lipinski definition) is 13. The van der Waals surface area contributed by atoms with E-state index < -0.39 is 5.97 Å². The van der Waals surface area contributed by atoms with Gasteiger partial charge in [-0.15, -0.1) is 23.5 Å². The molecule has 13 nitrogen and oxygen atoms in total. The number of benzene rings is 2. The first-order valence-corrected chi connectivity index (χ1v) is 23.7. The Morgan fingerprint density at radius 3 is 1.51 bits per heavy atom. The fraction of sp³-hybridized carbons (Fsp3) is 0.308. The normalized spacial score (nSPS) is 14.7. The quantitative estimate of drug-likeness (QED) is 0.0655. The first-order valence-electron chi connectivity index (χ1n) is 21.3. The van der Waals surface area contributed by atoms with Gasteiger partial charge in [0.15, 0.2) is 33.9 Å². The van der Waals surface area contributed by atoms with Crippen LogP contribution >= 0.6 is 23.5 Å². The van der Waals surface area contributed by atoms with Gasteiger partial charge < -0.3 is 44.6 Å². The van der Waals surface area contributed by atoms with Crippen molar-refractivity contribution in [3.63, 3.8) is 0 Å². The van der Waals surface area contributed by atoms with Crippen molar-refractivity contribution in [3.8, 4) is 56.8 Å². The summed E-state index contributed by atoms with van der Waals surface area (Å²) in [6.45, 7) is 3.71. The van der Waals surface area contributed by atoms with Crippen molar-refractivity contribution in [1.29, 1.82) is 0 Å². The molecule has 0 saturated carbocycles. The number of nitrogens with two attached hydrogens (primary N) is 1. The van der Waals surface area contributed by atoms with Crippen LogP contribution in [-0.2, 0) is 22.4 Å². The minimum atomic E-state index is -0.914. The molecule has 4 aromatic rings. The SMILES string of the molecule is C/C=C/C=C/C(=O)N[C@H]1CCc2cc(OC)c(OC)c(OC)c2-c2ccc(SC)c(=O)cc21.C/C=C/C=C/C(=O)O.COc1cc2c(c(OC)c1OC)-c1ccc(SC)c(=O)cc1[C@@H](N)CC2. The maximum Gasteiger partial charge on any atom is 0.328 e. The third kappa shape index (κ3) is 12.9. The highest BCUT2D eigenvalue weighted by molar-refractivity contribution is 7.98. The Labute approximate surface area is 401 Å². The van der Waals surface area contributed by atoms with Crippen molar-refractivity contribution in [3.05, 3.63) is 140 Å². The smallest absolute Gasteiger partial charge is 0.328 e. The van der Waals surface area contributed by atoms with Gasteiger partial charge in [0.05, 0.1) is 58.5 Å². The van der Waals surface area contributed by atoms with Crippen LogP contribution in [0.25, 0.3) is 22.3 Å². The summed E-state index contributed by atoms with van der Waals surface area (Å²) in [6.07, 6.45) is 19.3. The Kier molecular flexibility index (Phi) is 20.7. The Balaban J connectivity index is 0.000000256.